The molecule has 1 aromatic rings. The number of aliphatic hydroxyl groups is 1. The monoisotopic (exact) mass is 263 g/mol. The third-order valence-electron chi connectivity index (χ3n) is 3.25. The highest BCUT2D eigenvalue weighted by Gasteiger charge is 2.22. The Hall–Kier alpha value is -0.860. The minimum atomic E-state index is -0.478. The second kappa shape index (κ2) is 5.64. The zero-order valence-electron chi connectivity index (χ0n) is 13.4. The summed E-state index contributed by atoms with van der Waals surface area (Å²) in [6.45, 7) is 14.9. The van der Waals surface area contributed by atoms with Crippen LogP contribution in [0.1, 0.15) is 65.7 Å². The van der Waals surface area contributed by atoms with Crippen LogP contribution in [0.2, 0.25) is 0 Å². The molecular formula is C17H29NO. The van der Waals surface area contributed by atoms with Gasteiger partial charge in [0, 0.05) is 11.6 Å². The molecule has 0 aromatic heterocycles. The standard InChI is InChI=1S/C17H29NO/c1-12(18-17(5,6)7)15(19)13-8-10-14(11-9-13)16(2,3)4/h8-12,15,18-19H,1-7H3. The van der Waals surface area contributed by atoms with Crippen LogP contribution >= 0.6 is 0 Å². The Morgan fingerprint density at radius 2 is 1.42 bits per heavy atom. The summed E-state index contributed by atoms with van der Waals surface area (Å²) in [6, 6.07) is 8.32. The van der Waals surface area contributed by atoms with E-state index in [1.165, 1.54) is 5.56 Å². The van der Waals surface area contributed by atoms with Crippen molar-refractivity contribution in [3.63, 3.8) is 0 Å². The Labute approximate surface area is 118 Å². The van der Waals surface area contributed by atoms with E-state index in [9.17, 15) is 5.11 Å². The van der Waals surface area contributed by atoms with Gasteiger partial charge in [-0.3, -0.25) is 0 Å². The predicted octanol–water partition coefficient (Wildman–Crippen LogP) is 3.79. The maximum atomic E-state index is 10.4. The molecule has 2 unspecified atom stereocenters. The van der Waals surface area contributed by atoms with Crippen LogP contribution in [0.3, 0.4) is 0 Å². The molecule has 2 N–H and O–H groups in total. The number of rotatable bonds is 3. The summed E-state index contributed by atoms with van der Waals surface area (Å²) >= 11 is 0. The first-order valence-electron chi connectivity index (χ1n) is 7.07. The molecule has 0 radical (unpaired) electrons. The van der Waals surface area contributed by atoms with Crippen LogP contribution in [0.5, 0.6) is 0 Å². The van der Waals surface area contributed by atoms with Crippen LogP contribution in [0.4, 0.5) is 0 Å². The number of nitrogens with one attached hydrogen (secondary N) is 1. The first-order valence-corrected chi connectivity index (χ1v) is 7.07. The summed E-state index contributed by atoms with van der Waals surface area (Å²) in [5.74, 6) is 0. The Morgan fingerprint density at radius 3 is 1.79 bits per heavy atom. The second-order valence-electron chi connectivity index (χ2n) is 7.50. The quantitative estimate of drug-likeness (QED) is 0.869. The molecule has 0 amide bonds. The van der Waals surface area contributed by atoms with Gasteiger partial charge in [-0.15, -0.1) is 0 Å². The molecule has 0 fully saturated rings. The minimum absolute atomic E-state index is 0.00570. The van der Waals surface area contributed by atoms with Gasteiger partial charge in [-0.05, 0) is 44.2 Å². The van der Waals surface area contributed by atoms with E-state index in [4.69, 9.17) is 0 Å². The van der Waals surface area contributed by atoms with Crippen LogP contribution < -0.4 is 5.32 Å². The van der Waals surface area contributed by atoms with E-state index >= 15 is 0 Å². The molecule has 0 aliphatic rings. The fraction of sp³-hybridized carbons (Fsp3) is 0.647. The third-order valence-corrected chi connectivity index (χ3v) is 3.25. The molecule has 1 rings (SSSR count). The normalized spacial score (nSPS) is 16.2. The van der Waals surface area contributed by atoms with Gasteiger partial charge in [0.25, 0.3) is 0 Å². The third kappa shape index (κ3) is 4.96. The lowest BCUT2D eigenvalue weighted by Crippen LogP contribution is -2.44. The molecule has 0 aliphatic heterocycles. The molecule has 1 aromatic carbocycles. The zero-order valence-corrected chi connectivity index (χ0v) is 13.4. The van der Waals surface area contributed by atoms with Crippen molar-refractivity contribution in [3.05, 3.63) is 35.4 Å². The average molecular weight is 263 g/mol. The van der Waals surface area contributed by atoms with Gasteiger partial charge in [-0.2, -0.15) is 0 Å². The van der Waals surface area contributed by atoms with Gasteiger partial charge >= 0.3 is 0 Å². The molecule has 2 nitrogen and oxygen atoms in total. The van der Waals surface area contributed by atoms with E-state index in [1.54, 1.807) is 0 Å². The highest BCUT2D eigenvalue weighted by atomic mass is 16.3. The highest BCUT2D eigenvalue weighted by Crippen LogP contribution is 2.25. The molecule has 0 saturated carbocycles. The Bertz CT molecular complexity index is 395. The smallest absolute Gasteiger partial charge is 0.0940 e. The molecule has 0 heterocycles. The molecule has 0 saturated heterocycles. The van der Waals surface area contributed by atoms with Gasteiger partial charge in [0.2, 0.25) is 0 Å². The minimum Gasteiger partial charge on any atom is -0.387 e. The predicted molar refractivity (Wildman–Crippen MR) is 82.5 cm³/mol. The van der Waals surface area contributed by atoms with Crippen LogP contribution in [-0.2, 0) is 5.41 Å². The van der Waals surface area contributed by atoms with Crippen LogP contribution in [0.15, 0.2) is 24.3 Å². The van der Waals surface area contributed by atoms with Crippen molar-refractivity contribution in [1.29, 1.82) is 0 Å². The Balaban J connectivity index is 2.81. The van der Waals surface area contributed by atoms with Crippen LogP contribution in [0.25, 0.3) is 0 Å². The lowest BCUT2D eigenvalue weighted by Gasteiger charge is -2.29. The maximum Gasteiger partial charge on any atom is 0.0940 e. The van der Waals surface area contributed by atoms with Gasteiger partial charge in [-0.1, -0.05) is 45.0 Å². The molecule has 0 spiro atoms. The van der Waals surface area contributed by atoms with Crippen molar-refractivity contribution in [2.24, 2.45) is 0 Å². The first kappa shape index (κ1) is 16.2. The van der Waals surface area contributed by atoms with Crippen molar-refractivity contribution in [2.45, 2.75) is 71.6 Å². The van der Waals surface area contributed by atoms with Gasteiger partial charge < -0.3 is 10.4 Å². The number of aliphatic hydroxyl groups excluding tert-OH is 1. The zero-order chi connectivity index (χ0) is 14.8. The molecule has 108 valence electrons. The van der Waals surface area contributed by atoms with Gasteiger partial charge in [0.05, 0.1) is 6.10 Å². The van der Waals surface area contributed by atoms with E-state index < -0.39 is 6.10 Å². The average Bonchev–Trinajstić information content (AvgIpc) is 2.24. The van der Waals surface area contributed by atoms with Crippen molar-refractivity contribution >= 4 is 0 Å². The molecule has 0 bridgehead atoms. The number of hydrogen-bond donors (Lipinski definition) is 2. The van der Waals surface area contributed by atoms with Gasteiger partial charge in [-0.25, -0.2) is 0 Å². The highest BCUT2D eigenvalue weighted by molar-refractivity contribution is 5.29. The van der Waals surface area contributed by atoms with Gasteiger partial charge in [0.1, 0.15) is 0 Å². The van der Waals surface area contributed by atoms with E-state index in [1.807, 2.05) is 19.1 Å². The topological polar surface area (TPSA) is 32.3 Å². The Kier molecular flexibility index (Phi) is 4.81. The van der Waals surface area contributed by atoms with E-state index in [0.717, 1.165) is 5.56 Å². The molecule has 2 atom stereocenters. The summed E-state index contributed by atoms with van der Waals surface area (Å²) in [7, 11) is 0. The lowest BCUT2D eigenvalue weighted by atomic mass is 9.86. The summed E-state index contributed by atoms with van der Waals surface area (Å²) < 4.78 is 0. The summed E-state index contributed by atoms with van der Waals surface area (Å²) in [4.78, 5) is 0. The summed E-state index contributed by atoms with van der Waals surface area (Å²) in [5.41, 5.74) is 2.42. The molecule has 19 heavy (non-hydrogen) atoms. The van der Waals surface area contributed by atoms with Gasteiger partial charge in [0.15, 0.2) is 0 Å². The van der Waals surface area contributed by atoms with Crippen molar-refractivity contribution in [3.8, 4) is 0 Å². The maximum absolute atomic E-state index is 10.4. The largest absolute Gasteiger partial charge is 0.387 e. The van der Waals surface area contributed by atoms with Crippen molar-refractivity contribution < 1.29 is 5.11 Å². The molecular weight excluding hydrogens is 234 g/mol. The summed E-state index contributed by atoms with van der Waals surface area (Å²) in [5, 5.41) is 13.8. The van der Waals surface area contributed by atoms with Crippen molar-refractivity contribution in [2.75, 3.05) is 0 Å². The molecule has 2 heteroatoms. The van der Waals surface area contributed by atoms with E-state index in [2.05, 4.69) is 59.0 Å². The summed E-state index contributed by atoms with van der Waals surface area (Å²) in [6.07, 6.45) is -0.478. The molecule has 0 aliphatic carbocycles. The number of benzene rings is 1. The van der Waals surface area contributed by atoms with Crippen LogP contribution in [0, 0.1) is 0 Å². The second-order valence-corrected chi connectivity index (χ2v) is 7.50. The van der Waals surface area contributed by atoms with E-state index in [0.29, 0.717) is 0 Å². The van der Waals surface area contributed by atoms with Crippen molar-refractivity contribution in [1.82, 2.24) is 5.32 Å². The first-order chi connectivity index (χ1) is 8.50. The van der Waals surface area contributed by atoms with E-state index in [-0.39, 0.29) is 17.0 Å². The Morgan fingerprint density at radius 1 is 0.947 bits per heavy atom. The number of hydrogen-bond acceptors (Lipinski definition) is 2. The fourth-order valence-electron chi connectivity index (χ4n) is 2.23. The lowest BCUT2D eigenvalue weighted by molar-refractivity contribution is 0.121. The fourth-order valence-corrected chi connectivity index (χ4v) is 2.23. The SMILES string of the molecule is CC(NC(C)(C)C)C(O)c1ccc(C(C)(C)C)cc1. The van der Waals surface area contributed by atoms with Crippen LogP contribution in [-0.4, -0.2) is 16.7 Å².